The van der Waals surface area contributed by atoms with E-state index in [2.05, 4.69) is 0 Å². The van der Waals surface area contributed by atoms with Crippen molar-refractivity contribution >= 4 is 10.1 Å². The number of aliphatic hydroxyl groups is 1. The minimum atomic E-state index is -3.62. The SMILES string of the molecule is CC1(C)OC[C@H]([C@H]2OC[C@H](OS(C)(=O)=O)[C@H]2O)O1. The molecule has 0 radical (unpaired) electrons. The van der Waals surface area contributed by atoms with Gasteiger partial charge in [0.15, 0.2) is 5.79 Å². The molecule has 7 nitrogen and oxygen atoms in total. The highest BCUT2D eigenvalue weighted by atomic mass is 32.2. The van der Waals surface area contributed by atoms with Gasteiger partial charge in [-0.05, 0) is 13.8 Å². The minimum Gasteiger partial charge on any atom is -0.387 e. The summed E-state index contributed by atoms with van der Waals surface area (Å²) in [6.07, 6.45) is -2.08. The van der Waals surface area contributed by atoms with Gasteiger partial charge < -0.3 is 19.3 Å². The lowest BCUT2D eigenvalue weighted by Crippen LogP contribution is -2.41. The summed E-state index contributed by atoms with van der Waals surface area (Å²) >= 11 is 0. The first-order chi connectivity index (χ1) is 8.18. The lowest BCUT2D eigenvalue weighted by Gasteiger charge is -2.23. The monoisotopic (exact) mass is 282 g/mol. The van der Waals surface area contributed by atoms with Crippen molar-refractivity contribution in [1.29, 1.82) is 0 Å². The highest BCUT2D eigenvalue weighted by molar-refractivity contribution is 7.86. The summed E-state index contributed by atoms with van der Waals surface area (Å²) in [6, 6.07) is 0. The summed E-state index contributed by atoms with van der Waals surface area (Å²) < 4.78 is 43.1. The van der Waals surface area contributed by atoms with Crippen molar-refractivity contribution < 1.29 is 31.9 Å². The third-order valence-electron chi connectivity index (χ3n) is 2.87. The molecule has 2 aliphatic heterocycles. The van der Waals surface area contributed by atoms with Crippen LogP contribution in [-0.4, -0.2) is 63.2 Å². The van der Waals surface area contributed by atoms with Gasteiger partial charge in [-0.2, -0.15) is 8.42 Å². The molecular weight excluding hydrogens is 264 g/mol. The first-order valence-electron chi connectivity index (χ1n) is 5.68. The molecule has 0 bridgehead atoms. The van der Waals surface area contributed by atoms with Crippen LogP contribution in [0.15, 0.2) is 0 Å². The third kappa shape index (κ3) is 3.19. The van der Waals surface area contributed by atoms with Gasteiger partial charge in [0.25, 0.3) is 10.1 Å². The minimum absolute atomic E-state index is 0.0131. The Morgan fingerprint density at radius 1 is 1.33 bits per heavy atom. The van der Waals surface area contributed by atoms with E-state index in [-0.39, 0.29) is 6.61 Å². The van der Waals surface area contributed by atoms with Gasteiger partial charge in [0.05, 0.1) is 19.5 Å². The molecular formula is C10H18O7S. The summed E-state index contributed by atoms with van der Waals surface area (Å²) in [5.74, 6) is -0.719. The van der Waals surface area contributed by atoms with Crippen molar-refractivity contribution in [1.82, 2.24) is 0 Å². The Bertz CT molecular complexity index is 404. The van der Waals surface area contributed by atoms with Crippen molar-refractivity contribution in [2.75, 3.05) is 19.5 Å². The molecule has 18 heavy (non-hydrogen) atoms. The maximum atomic E-state index is 11.0. The maximum Gasteiger partial charge on any atom is 0.264 e. The fourth-order valence-electron chi connectivity index (χ4n) is 2.13. The molecule has 0 aromatic carbocycles. The van der Waals surface area contributed by atoms with Gasteiger partial charge >= 0.3 is 0 Å². The Morgan fingerprint density at radius 2 is 2.00 bits per heavy atom. The van der Waals surface area contributed by atoms with Crippen LogP contribution >= 0.6 is 0 Å². The molecule has 0 spiro atoms. The van der Waals surface area contributed by atoms with Crippen molar-refractivity contribution in [2.45, 2.75) is 44.1 Å². The van der Waals surface area contributed by atoms with Crippen LogP contribution in [-0.2, 0) is 28.5 Å². The van der Waals surface area contributed by atoms with Crippen molar-refractivity contribution in [2.24, 2.45) is 0 Å². The largest absolute Gasteiger partial charge is 0.387 e. The lowest BCUT2D eigenvalue weighted by atomic mass is 10.1. The summed E-state index contributed by atoms with van der Waals surface area (Å²) in [4.78, 5) is 0. The molecule has 8 heteroatoms. The number of hydrogen-bond acceptors (Lipinski definition) is 7. The standard InChI is InChI=1S/C10H18O7S/c1-10(2)15-5-7(16-10)9-8(11)6(4-14-9)17-18(3,12)13/h6-9,11H,4-5H2,1-3H3/t6-,7+,8+,9+/m0/s1. The molecule has 0 saturated carbocycles. The molecule has 2 aliphatic rings. The van der Waals surface area contributed by atoms with Gasteiger partial charge in [-0.3, -0.25) is 4.18 Å². The van der Waals surface area contributed by atoms with Gasteiger partial charge in [-0.15, -0.1) is 0 Å². The molecule has 0 aromatic rings. The molecule has 106 valence electrons. The molecule has 1 N–H and O–H groups in total. The Balaban J connectivity index is 1.97. The van der Waals surface area contributed by atoms with E-state index in [9.17, 15) is 13.5 Å². The predicted molar refractivity (Wildman–Crippen MR) is 60.4 cm³/mol. The molecule has 2 heterocycles. The zero-order chi connectivity index (χ0) is 13.6. The van der Waals surface area contributed by atoms with Gasteiger partial charge in [0, 0.05) is 0 Å². The van der Waals surface area contributed by atoms with Crippen molar-refractivity contribution in [3.8, 4) is 0 Å². The topological polar surface area (TPSA) is 91.3 Å². The second kappa shape index (κ2) is 4.69. The fraction of sp³-hybridized carbons (Fsp3) is 1.00. The van der Waals surface area contributed by atoms with E-state index >= 15 is 0 Å². The van der Waals surface area contributed by atoms with E-state index < -0.39 is 40.3 Å². The summed E-state index contributed by atoms with van der Waals surface area (Å²) in [6.45, 7) is 3.83. The van der Waals surface area contributed by atoms with Gasteiger partial charge in [-0.25, -0.2) is 0 Å². The molecule has 0 unspecified atom stereocenters. The Kier molecular flexibility index (Phi) is 3.69. The summed E-state index contributed by atoms with van der Waals surface area (Å²) in [5, 5.41) is 9.99. The summed E-state index contributed by atoms with van der Waals surface area (Å²) in [7, 11) is -3.62. The van der Waals surface area contributed by atoms with Crippen LogP contribution in [0.3, 0.4) is 0 Å². The number of aliphatic hydroxyl groups excluding tert-OH is 1. The van der Waals surface area contributed by atoms with E-state index in [1.54, 1.807) is 13.8 Å². The number of ether oxygens (including phenoxy) is 3. The van der Waals surface area contributed by atoms with Crippen LogP contribution < -0.4 is 0 Å². The van der Waals surface area contributed by atoms with E-state index in [1.807, 2.05) is 0 Å². The quantitative estimate of drug-likeness (QED) is 0.680. The maximum absolute atomic E-state index is 11.0. The van der Waals surface area contributed by atoms with Gasteiger partial charge in [-0.1, -0.05) is 0 Å². The van der Waals surface area contributed by atoms with Crippen LogP contribution in [0.1, 0.15) is 13.8 Å². The lowest BCUT2D eigenvalue weighted by molar-refractivity contribution is -0.158. The zero-order valence-corrected chi connectivity index (χ0v) is 11.3. The zero-order valence-electron chi connectivity index (χ0n) is 10.5. The Labute approximate surface area is 106 Å². The molecule has 2 rings (SSSR count). The molecule has 4 atom stereocenters. The second-order valence-corrected chi connectivity index (χ2v) is 6.60. The predicted octanol–water partition coefficient (Wildman–Crippen LogP) is -0.758. The van der Waals surface area contributed by atoms with Crippen LogP contribution in [0.2, 0.25) is 0 Å². The van der Waals surface area contributed by atoms with E-state index in [0.29, 0.717) is 6.61 Å². The summed E-state index contributed by atoms with van der Waals surface area (Å²) in [5.41, 5.74) is 0. The first kappa shape index (κ1) is 14.2. The molecule has 0 aliphatic carbocycles. The highest BCUT2D eigenvalue weighted by Crippen LogP contribution is 2.30. The van der Waals surface area contributed by atoms with Gasteiger partial charge in [0.1, 0.15) is 24.4 Å². The van der Waals surface area contributed by atoms with Crippen molar-refractivity contribution in [3.05, 3.63) is 0 Å². The van der Waals surface area contributed by atoms with E-state index in [0.717, 1.165) is 6.26 Å². The van der Waals surface area contributed by atoms with Gasteiger partial charge in [0.2, 0.25) is 0 Å². The number of rotatable bonds is 3. The van der Waals surface area contributed by atoms with Crippen LogP contribution in [0.25, 0.3) is 0 Å². The Hall–Kier alpha value is -0.250. The highest BCUT2D eigenvalue weighted by Gasteiger charge is 2.47. The number of hydrogen-bond donors (Lipinski definition) is 1. The normalized spacial score (nSPS) is 40.2. The molecule has 2 fully saturated rings. The molecule has 2 saturated heterocycles. The van der Waals surface area contributed by atoms with Crippen LogP contribution in [0, 0.1) is 0 Å². The molecule has 0 amide bonds. The second-order valence-electron chi connectivity index (χ2n) is 4.99. The van der Waals surface area contributed by atoms with E-state index in [1.165, 1.54) is 0 Å². The van der Waals surface area contributed by atoms with Crippen molar-refractivity contribution in [3.63, 3.8) is 0 Å². The third-order valence-corrected chi connectivity index (χ3v) is 3.46. The average Bonchev–Trinajstić information content (AvgIpc) is 2.70. The average molecular weight is 282 g/mol. The van der Waals surface area contributed by atoms with Crippen LogP contribution in [0.4, 0.5) is 0 Å². The first-order valence-corrected chi connectivity index (χ1v) is 7.49. The fourth-order valence-corrected chi connectivity index (χ4v) is 2.75. The Morgan fingerprint density at radius 3 is 2.50 bits per heavy atom. The molecule has 0 aromatic heterocycles. The van der Waals surface area contributed by atoms with E-state index in [4.69, 9.17) is 18.4 Å². The smallest absolute Gasteiger partial charge is 0.264 e. The van der Waals surface area contributed by atoms with Crippen LogP contribution in [0.5, 0.6) is 0 Å².